The van der Waals surface area contributed by atoms with Crippen molar-refractivity contribution in [1.82, 2.24) is 0 Å². The molecule has 1 N–H and O–H groups in total. The summed E-state index contributed by atoms with van der Waals surface area (Å²) in [5, 5.41) is 7.91. The number of hydrogen-bond donors (Lipinski definition) is 1. The van der Waals surface area contributed by atoms with Gasteiger partial charge in [0.1, 0.15) is 0 Å². The molecule has 4 heteroatoms. The average Bonchev–Trinajstić information content (AvgIpc) is 3.11. The molecule has 3 rings (SSSR count). The SMILES string of the molecule is Cc1ccc(NC(c2cccs2)c2cccs2)c(Br)c1. The van der Waals surface area contributed by atoms with Gasteiger partial charge >= 0.3 is 0 Å². The zero-order valence-electron chi connectivity index (χ0n) is 11.0. The second-order valence-electron chi connectivity index (χ2n) is 4.59. The van der Waals surface area contributed by atoms with Crippen LogP contribution in [0.4, 0.5) is 5.69 Å². The van der Waals surface area contributed by atoms with Gasteiger partial charge in [0.15, 0.2) is 0 Å². The summed E-state index contributed by atoms with van der Waals surface area (Å²) in [5.74, 6) is 0. The van der Waals surface area contributed by atoms with Gasteiger partial charge in [-0.05, 0) is 63.4 Å². The van der Waals surface area contributed by atoms with E-state index in [1.165, 1.54) is 15.3 Å². The third kappa shape index (κ3) is 2.97. The largest absolute Gasteiger partial charge is 0.372 e. The number of aryl methyl sites for hydroxylation is 1. The van der Waals surface area contributed by atoms with Crippen LogP contribution >= 0.6 is 38.6 Å². The fourth-order valence-electron chi connectivity index (χ4n) is 2.09. The molecule has 0 aliphatic rings. The lowest BCUT2D eigenvalue weighted by Crippen LogP contribution is -2.09. The minimum atomic E-state index is 0.217. The second kappa shape index (κ2) is 6.12. The van der Waals surface area contributed by atoms with Crippen molar-refractivity contribution in [2.75, 3.05) is 5.32 Å². The predicted octanol–water partition coefficient (Wildman–Crippen LogP) is 6.08. The lowest BCUT2D eigenvalue weighted by molar-refractivity contribution is 0.990. The van der Waals surface area contributed by atoms with Crippen LogP contribution in [0.15, 0.2) is 57.7 Å². The molecule has 3 aromatic rings. The first-order valence-electron chi connectivity index (χ1n) is 6.33. The maximum Gasteiger partial charge on any atom is 0.0953 e. The highest BCUT2D eigenvalue weighted by atomic mass is 79.9. The van der Waals surface area contributed by atoms with Gasteiger partial charge in [-0.2, -0.15) is 0 Å². The Morgan fingerprint density at radius 1 is 1.00 bits per heavy atom. The van der Waals surface area contributed by atoms with Gasteiger partial charge in [0.2, 0.25) is 0 Å². The smallest absolute Gasteiger partial charge is 0.0953 e. The minimum absolute atomic E-state index is 0.217. The Bertz CT molecular complexity index is 640. The van der Waals surface area contributed by atoms with Crippen LogP contribution in [0.2, 0.25) is 0 Å². The Balaban J connectivity index is 1.95. The third-order valence-corrected chi connectivity index (χ3v) is 5.61. The molecule has 0 aliphatic heterocycles. The highest BCUT2D eigenvalue weighted by Gasteiger charge is 2.17. The van der Waals surface area contributed by atoms with E-state index in [2.05, 4.69) is 81.4 Å². The molecule has 102 valence electrons. The van der Waals surface area contributed by atoms with E-state index in [0.29, 0.717) is 0 Å². The maximum atomic E-state index is 3.65. The van der Waals surface area contributed by atoms with Crippen molar-refractivity contribution in [3.63, 3.8) is 0 Å². The van der Waals surface area contributed by atoms with Gasteiger partial charge in [-0.25, -0.2) is 0 Å². The molecule has 0 fully saturated rings. The maximum absolute atomic E-state index is 3.65. The highest BCUT2D eigenvalue weighted by molar-refractivity contribution is 9.10. The molecule has 2 aromatic heterocycles. The summed E-state index contributed by atoms with van der Waals surface area (Å²) in [6.07, 6.45) is 0. The first-order valence-corrected chi connectivity index (χ1v) is 8.89. The number of halogens is 1. The van der Waals surface area contributed by atoms with Crippen LogP contribution in [0.1, 0.15) is 21.4 Å². The van der Waals surface area contributed by atoms with Crippen molar-refractivity contribution in [1.29, 1.82) is 0 Å². The lowest BCUT2D eigenvalue weighted by Gasteiger charge is -2.19. The molecule has 0 saturated carbocycles. The summed E-state index contributed by atoms with van der Waals surface area (Å²) in [5.41, 5.74) is 2.38. The van der Waals surface area contributed by atoms with Crippen LogP contribution in [0, 0.1) is 6.92 Å². The number of anilines is 1. The zero-order chi connectivity index (χ0) is 13.9. The molecule has 0 bridgehead atoms. The molecule has 0 radical (unpaired) electrons. The van der Waals surface area contributed by atoms with Crippen molar-refractivity contribution in [3.05, 3.63) is 73.0 Å². The monoisotopic (exact) mass is 363 g/mol. The number of rotatable bonds is 4. The van der Waals surface area contributed by atoms with Gasteiger partial charge in [0.25, 0.3) is 0 Å². The predicted molar refractivity (Wildman–Crippen MR) is 93.0 cm³/mol. The number of hydrogen-bond acceptors (Lipinski definition) is 3. The molecule has 0 aliphatic carbocycles. The standard InChI is InChI=1S/C16H14BrNS2/c1-11-6-7-13(12(17)10-11)18-16(14-4-2-8-19-14)15-5-3-9-20-15/h2-10,16,18H,1H3. The fraction of sp³-hybridized carbons (Fsp3) is 0.125. The van der Waals surface area contributed by atoms with Crippen LogP contribution in [-0.2, 0) is 0 Å². The minimum Gasteiger partial charge on any atom is -0.372 e. The van der Waals surface area contributed by atoms with Crippen molar-refractivity contribution >= 4 is 44.3 Å². The molecule has 2 heterocycles. The fourth-order valence-corrected chi connectivity index (χ4v) is 4.36. The Morgan fingerprint density at radius 2 is 1.65 bits per heavy atom. The van der Waals surface area contributed by atoms with E-state index in [1.807, 2.05) is 0 Å². The first kappa shape index (κ1) is 13.9. The Morgan fingerprint density at radius 3 is 2.15 bits per heavy atom. The van der Waals surface area contributed by atoms with E-state index in [1.54, 1.807) is 22.7 Å². The van der Waals surface area contributed by atoms with Gasteiger partial charge in [0.05, 0.1) is 6.04 Å². The van der Waals surface area contributed by atoms with Crippen molar-refractivity contribution < 1.29 is 0 Å². The Hall–Kier alpha value is -1.10. The van der Waals surface area contributed by atoms with Crippen LogP contribution in [0.3, 0.4) is 0 Å². The summed E-state index contributed by atoms with van der Waals surface area (Å²) in [6.45, 7) is 2.10. The van der Waals surface area contributed by atoms with Gasteiger partial charge in [-0.15, -0.1) is 22.7 Å². The van der Waals surface area contributed by atoms with Crippen LogP contribution in [0.5, 0.6) is 0 Å². The topological polar surface area (TPSA) is 12.0 Å². The number of thiophene rings is 2. The van der Waals surface area contributed by atoms with E-state index in [0.717, 1.165) is 10.2 Å². The Labute approximate surface area is 135 Å². The summed E-state index contributed by atoms with van der Waals surface area (Å²) in [4.78, 5) is 2.67. The quantitative estimate of drug-likeness (QED) is 0.591. The van der Waals surface area contributed by atoms with E-state index >= 15 is 0 Å². The molecule has 0 amide bonds. The molecule has 0 saturated heterocycles. The molecular weight excluding hydrogens is 350 g/mol. The van der Waals surface area contributed by atoms with Gasteiger partial charge < -0.3 is 5.32 Å². The number of benzene rings is 1. The molecule has 1 nitrogen and oxygen atoms in total. The Kier molecular flexibility index (Phi) is 4.24. The molecule has 1 aromatic carbocycles. The highest BCUT2D eigenvalue weighted by Crippen LogP contribution is 2.34. The van der Waals surface area contributed by atoms with Gasteiger partial charge in [0, 0.05) is 19.9 Å². The van der Waals surface area contributed by atoms with Crippen molar-refractivity contribution in [2.24, 2.45) is 0 Å². The van der Waals surface area contributed by atoms with E-state index in [9.17, 15) is 0 Å². The lowest BCUT2D eigenvalue weighted by atomic mass is 10.1. The van der Waals surface area contributed by atoms with Crippen LogP contribution in [0.25, 0.3) is 0 Å². The summed E-state index contributed by atoms with van der Waals surface area (Å²) in [6, 6.07) is 15.2. The van der Waals surface area contributed by atoms with Crippen LogP contribution in [-0.4, -0.2) is 0 Å². The molecule has 0 unspecified atom stereocenters. The summed E-state index contributed by atoms with van der Waals surface area (Å²) >= 11 is 7.22. The van der Waals surface area contributed by atoms with Gasteiger partial charge in [-0.3, -0.25) is 0 Å². The van der Waals surface area contributed by atoms with Gasteiger partial charge in [-0.1, -0.05) is 18.2 Å². The van der Waals surface area contributed by atoms with E-state index < -0.39 is 0 Å². The zero-order valence-corrected chi connectivity index (χ0v) is 14.2. The molecule has 0 atom stereocenters. The van der Waals surface area contributed by atoms with Crippen molar-refractivity contribution in [2.45, 2.75) is 13.0 Å². The first-order chi connectivity index (χ1) is 9.74. The molecule has 0 spiro atoms. The van der Waals surface area contributed by atoms with Crippen molar-refractivity contribution in [3.8, 4) is 0 Å². The summed E-state index contributed by atoms with van der Waals surface area (Å²) in [7, 11) is 0. The van der Waals surface area contributed by atoms with Crippen LogP contribution < -0.4 is 5.32 Å². The normalized spacial score (nSPS) is 10.9. The molecule has 20 heavy (non-hydrogen) atoms. The molecular formula is C16H14BrNS2. The summed E-state index contributed by atoms with van der Waals surface area (Å²) < 4.78 is 1.11. The van der Waals surface area contributed by atoms with E-state index in [4.69, 9.17) is 0 Å². The third-order valence-electron chi connectivity index (χ3n) is 3.08. The second-order valence-corrected chi connectivity index (χ2v) is 7.40. The number of nitrogens with one attached hydrogen (secondary N) is 1. The van der Waals surface area contributed by atoms with E-state index in [-0.39, 0.29) is 6.04 Å². The average molecular weight is 364 g/mol.